The molecule has 10 heteroatoms. The van der Waals surface area contributed by atoms with Crippen LogP contribution in [0.25, 0.3) is 10.4 Å². The van der Waals surface area contributed by atoms with Crippen molar-refractivity contribution in [3.8, 4) is 16.2 Å². The quantitative estimate of drug-likeness (QED) is 0.310. The zero-order chi connectivity index (χ0) is 26.9. The minimum absolute atomic E-state index is 0.00175. The maximum absolute atomic E-state index is 15.3. The molecular weight excluding hydrogens is 537 g/mol. The number of hydrogen-bond donors (Lipinski definition) is 2. The summed E-state index contributed by atoms with van der Waals surface area (Å²) in [5, 5.41) is 13.5. The van der Waals surface area contributed by atoms with E-state index in [1.165, 1.54) is 47.7 Å². The molecule has 3 aromatic rings. The number of likely N-dealkylation sites (tertiary alicyclic amines) is 1. The molecule has 0 bridgehead atoms. The van der Waals surface area contributed by atoms with E-state index in [9.17, 15) is 14.3 Å². The molecular formula is C28H28ClF3N2O3S. The third-order valence-electron chi connectivity index (χ3n) is 6.86. The van der Waals surface area contributed by atoms with Crippen molar-refractivity contribution in [2.45, 2.75) is 49.9 Å². The van der Waals surface area contributed by atoms with E-state index in [0.29, 0.717) is 9.90 Å². The molecule has 2 N–H and O–H groups in total. The summed E-state index contributed by atoms with van der Waals surface area (Å²) in [4.78, 5) is 15.7. The molecule has 0 spiro atoms. The van der Waals surface area contributed by atoms with Crippen molar-refractivity contribution in [1.29, 1.82) is 0 Å². The summed E-state index contributed by atoms with van der Waals surface area (Å²) in [6, 6.07) is 12.0. The second-order valence-corrected chi connectivity index (χ2v) is 11.5. The molecule has 2 heterocycles. The SMILES string of the molecule is O=C(N[C@H](CN1CCCC1)[C@H](O)c1ccc(OC2CC2)c(F)c1)C(F)(F)c1ccc(-c2ccc(Cl)s2)cc1. The Morgan fingerprint density at radius 3 is 2.45 bits per heavy atom. The third-order valence-corrected chi connectivity index (χ3v) is 8.14. The number of alkyl halides is 2. The molecule has 0 unspecified atom stereocenters. The summed E-state index contributed by atoms with van der Waals surface area (Å²) in [6.45, 7) is 1.61. The van der Waals surface area contributed by atoms with E-state index in [4.69, 9.17) is 16.3 Å². The molecule has 2 aromatic carbocycles. The molecule has 202 valence electrons. The van der Waals surface area contributed by atoms with Crippen molar-refractivity contribution in [2.24, 2.45) is 0 Å². The molecule has 5 rings (SSSR count). The van der Waals surface area contributed by atoms with Crippen molar-refractivity contribution in [2.75, 3.05) is 19.6 Å². The molecule has 1 saturated heterocycles. The summed E-state index contributed by atoms with van der Waals surface area (Å²) in [7, 11) is 0. The van der Waals surface area contributed by atoms with Gasteiger partial charge in [0.1, 0.15) is 6.10 Å². The number of ether oxygens (including phenoxy) is 1. The van der Waals surface area contributed by atoms with Gasteiger partial charge in [-0.1, -0.05) is 41.9 Å². The Labute approximate surface area is 228 Å². The normalized spacial score (nSPS) is 17.8. The lowest BCUT2D eigenvalue weighted by atomic mass is 9.99. The van der Waals surface area contributed by atoms with Gasteiger partial charge in [0, 0.05) is 17.0 Å². The van der Waals surface area contributed by atoms with Crippen LogP contribution in [0.15, 0.2) is 54.6 Å². The second-order valence-electron chi connectivity index (χ2n) is 9.80. The van der Waals surface area contributed by atoms with Gasteiger partial charge in [-0.25, -0.2) is 4.39 Å². The highest BCUT2D eigenvalue weighted by molar-refractivity contribution is 7.19. The molecule has 1 aliphatic heterocycles. The fourth-order valence-corrected chi connectivity index (χ4v) is 5.61. The van der Waals surface area contributed by atoms with Gasteiger partial charge in [-0.05, 0) is 74.2 Å². The number of hydrogen-bond acceptors (Lipinski definition) is 5. The average Bonchev–Trinajstić information content (AvgIpc) is 3.37. The van der Waals surface area contributed by atoms with E-state index < -0.39 is 35.4 Å². The number of amides is 1. The Bertz CT molecular complexity index is 1280. The highest BCUT2D eigenvalue weighted by atomic mass is 35.5. The first kappa shape index (κ1) is 27.0. The molecule has 1 saturated carbocycles. The van der Waals surface area contributed by atoms with E-state index in [1.54, 1.807) is 12.1 Å². The summed E-state index contributed by atoms with van der Waals surface area (Å²) in [6.07, 6.45) is 2.22. The third kappa shape index (κ3) is 6.17. The number of benzene rings is 2. The number of halogens is 4. The van der Waals surface area contributed by atoms with Crippen molar-refractivity contribution in [3.63, 3.8) is 0 Å². The molecule has 1 aliphatic carbocycles. The zero-order valence-corrected chi connectivity index (χ0v) is 22.1. The first-order valence-electron chi connectivity index (χ1n) is 12.6. The van der Waals surface area contributed by atoms with Crippen LogP contribution in [0, 0.1) is 5.82 Å². The Morgan fingerprint density at radius 2 is 1.84 bits per heavy atom. The molecule has 2 atom stereocenters. The summed E-state index contributed by atoms with van der Waals surface area (Å²) < 4.78 is 51.3. The Kier molecular flexibility index (Phi) is 8.00. The molecule has 38 heavy (non-hydrogen) atoms. The highest BCUT2D eigenvalue weighted by Crippen LogP contribution is 2.35. The first-order chi connectivity index (χ1) is 18.2. The molecule has 0 radical (unpaired) electrons. The number of carbonyl (C=O) groups excluding carboxylic acids is 1. The van der Waals surface area contributed by atoms with Gasteiger partial charge in [0.2, 0.25) is 0 Å². The van der Waals surface area contributed by atoms with Gasteiger partial charge in [-0.3, -0.25) is 4.79 Å². The number of aliphatic hydroxyl groups excluding tert-OH is 1. The first-order valence-corrected chi connectivity index (χ1v) is 13.8. The monoisotopic (exact) mass is 564 g/mol. The number of nitrogens with one attached hydrogen (secondary N) is 1. The predicted molar refractivity (Wildman–Crippen MR) is 141 cm³/mol. The Morgan fingerprint density at radius 1 is 1.13 bits per heavy atom. The standard InChI is InChI=1S/C28H28ClF3N2O3S/c29-25-12-11-24(38-25)17-3-6-19(7-4-17)28(31,32)27(36)33-22(16-34-13-1-2-14-34)26(35)18-5-10-23(21(30)15-18)37-20-8-9-20/h3-7,10-12,15,20,22,26,35H,1-2,8-9,13-14,16H2,(H,33,36)/t22-,26-/m1/s1. The molecule has 2 fully saturated rings. The Hall–Kier alpha value is -2.59. The molecule has 5 nitrogen and oxygen atoms in total. The van der Waals surface area contributed by atoms with Crippen LogP contribution in [-0.2, 0) is 10.7 Å². The zero-order valence-electron chi connectivity index (χ0n) is 20.5. The van der Waals surface area contributed by atoms with Gasteiger partial charge in [0.05, 0.1) is 16.5 Å². The van der Waals surface area contributed by atoms with E-state index in [-0.39, 0.29) is 24.0 Å². The molecule has 1 aromatic heterocycles. The van der Waals surface area contributed by atoms with Gasteiger partial charge < -0.3 is 20.1 Å². The van der Waals surface area contributed by atoms with E-state index >= 15 is 8.78 Å². The second kappa shape index (κ2) is 11.3. The lowest BCUT2D eigenvalue weighted by Crippen LogP contribution is -2.51. The summed E-state index contributed by atoms with van der Waals surface area (Å²) in [5.41, 5.74) is 0.418. The van der Waals surface area contributed by atoms with Gasteiger partial charge in [0.25, 0.3) is 5.91 Å². The molecule has 2 aliphatic rings. The number of nitrogens with zero attached hydrogens (tertiary/aromatic N) is 1. The summed E-state index contributed by atoms with van der Waals surface area (Å²) >= 11 is 7.29. The fraction of sp³-hybridized carbons (Fsp3) is 0.393. The van der Waals surface area contributed by atoms with Crippen LogP contribution < -0.4 is 10.1 Å². The predicted octanol–water partition coefficient (Wildman–Crippen LogP) is 6.15. The van der Waals surface area contributed by atoms with E-state index in [0.717, 1.165) is 49.7 Å². The number of rotatable bonds is 10. The topological polar surface area (TPSA) is 61.8 Å². The number of thiophene rings is 1. The van der Waals surface area contributed by atoms with Crippen LogP contribution in [0.2, 0.25) is 4.34 Å². The Balaban J connectivity index is 1.33. The number of carbonyl (C=O) groups is 1. The van der Waals surface area contributed by atoms with Crippen molar-refractivity contribution >= 4 is 28.8 Å². The van der Waals surface area contributed by atoms with Crippen LogP contribution in [0.3, 0.4) is 0 Å². The van der Waals surface area contributed by atoms with Crippen LogP contribution in [0.1, 0.15) is 42.9 Å². The van der Waals surface area contributed by atoms with Crippen LogP contribution in [0.5, 0.6) is 5.75 Å². The summed E-state index contributed by atoms with van der Waals surface area (Å²) in [5.74, 6) is -5.93. The van der Waals surface area contributed by atoms with Gasteiger partial charge in [-0.2, -0.15) is 8.78 Å². The number of aliphatic hydroxyl groups is 1. The largest absolute Gasteiger partial charge is 0.487 e. The van der Waals surface area contributed by atoms with Gasteiger partial charge in [-0.15, -0.1) is 11.3 Å². The average molecular weight is 565 g/mol. The van der Waals surface area contributed by atoms with E-state index in [2.05, 4.69) is 5.32 Å². The van der Waals surface area contributed by atoms with Crippen LogP contribution in [-0.4, -0.2) is 47.7 Å². The lowest BCUT2D eigenvalue weighted by Gasteiger charge is -2.30. The highest BCUT2D eigenvalue weighted by Gasteiger charge is 2.43. The fourth-order valence-electron chi connectivity index (χ4n) is 4.57. The van der Waals surface area contributed by atoms with Gasteiger partial charge in [0.15, 0.2) is 11.6 Å². The van der Waals surface area contributed by atoms with E-state index in [1.807, 2.05) is 4.90 Å². The maximum atomic E-state index is 15.3. The lowest BCUT2D eigenvalue weighted by molar-refractivity contribution is -0.149. The maximum Gasteiger partial charge on any atom is 0.349 e. The van der Waals surface area contributed by atoms with Crippen LogP contribution >= 0.6 is 22.9 Å². The smallest absolute Gasteiger partial charge is 0.349 e. The van der Waals surface area contributed by atoms with Crippen molar-refractivity contribution in [3.05, 3.63) is 75.9 Å². The van der Waals surface area contributed by atoms with Crippen LogP contribution in [0.4, 0.5) is 13.2 Å². The molecule has 1 amide bonds. The van der Waals surface area contributed by atoms with Crippen molar-refractivity contribution in [1.82, 2.24) is 10.2 Å². The minimum atomic E-state index is -3.85. The van der Waals surface area contributed by atoms with Gasteiger partial charge >= 0.3 is 5.92 Å². The minimum Gasteiger partial charge on any atom is -0.487 e. The van der Waals surface area contributed by atoms with Crippen molar-refractivity contribution < 1.29 is 27.8 Å².